The number of para-hydroxylation sites is 2. The first-order valence-electron chi connectivity index (χ1n) is 7.62. The molecule has 0 fully saturated rings. The predicted octanol–water partition coefficient (Wildman–Crippen LogP) is 2.96. The lowest BCUT2D eigenvalue weighted by Crippen LogP contribution is -2.38. The van der Waals surface area contributed by atoms with Crippen LogP contribution in [0.5, 0.6) is 5.75 Å². The Labute approximate surface area is 135 Å². The zero-order valence-corrected chi connectivity index (χ0v) is 13.0. The van der Waals surface area contributed by atoms with Crippen molar-refractivity contribution in [3.8, 4) is 5.75 Å². The number of benzene rings is 2. The van der Waals surface area contributed by atoms with E-state index in [1.54, 1.807) is 19.2 Å². The maximum Gasteiger partial charge on any atom is 0.319 e. The van der Waals surface area contributed by atoms with E-state index in [-0.39, 0.29) is 12.1 Å². The van der Waals surface area contributed by atoms with Gasteiger partial charge in [-0.05, 0) is 23.3 Å². The quantitative estimate of drug-likeness (QED) is 0.912. The Morgan fingerprint density at radius 2 is 1.91 bits per heavy atom. The van der Waals surface area contributed by atoms with Crippen molar-refractivity contribution >= 4 is 11.7 Å². The van der Waals surface area contributed by atoms with E-state index >= 15 is 0 Å². The summed E-state index contributed by atoms with van der Waals surface area (Å²) in [5.74, 6) is 0.630. The van der Waals surface area contributed by atoms with E-state index in [1.807, 2.05) is 24.3 Å². The summed E-state index contributed by atoms with van der Waals surface area (Å²) in [5.41, 5.74) is 3.15. The second-order valence-electron chi connectivity index (χ2n) is 5.44. The highest BCUT2D eigenvalue weighted by atomic mass is 16.5. The van der Waals surface area contributed by atoms with Crippen molar-refractivity contribution in [2.75, 3.05) is 19.0 Å². The van der Waals surface area contributed by atoms with Gasteiger partial charge in [0.1, 0.15) is 5.75 Å². The van der Waals surface area contributed by atoms with Crippen LogP contribution in [-0.4, -0.2) is 25.8 Å². The van der Waals surface area contributed by atoms with Crippen LogP contribution in [0.3, 0.4) is 0 Å². The Bertz CT molecular complexity index is 687. The standard InChI is InChI=1S/C18H20N2O3/c1-22-17-9-5-4-8-16(17)20-18(21)19-11-15-10-13-6-2-3-7-14(13)12-23-15/h2-9,15H,10-12H2,1H3,(H2,19,20,21). The SMILES string of the molecule is COc1ccccc1NC(=O)NCC1Cc2ccccc2CO1. The molecule has 1 aliphatic rings. The molecule has 120 valence electrons. The summed E-state index contributed by atoms with van der Waals surface area (Å²) >= 11 is 0. The topological polar surface area (TPSA) is 59.6 Å². The van der Waals surface area contributed by atoms with Gasteiger partial charge in [-0.15, -0.1) is 0 Å². The molecule has 2 N–H and O–H groups in total. The fourth-order valence-corrected chi connectivity index (χ4v) is 2.66. The second kappa shape index (κ2) is 7.15. The predicted molar refractivity (Wildman–Crippen MR) is 88.7 cm³/mol. The lowest BCUT2D eigenvalue weighted by molar-refractivity contribution is 0.0308. The number of methoxy groups -OCH3 is 1. The molecule has 1 unspecified atom stereocenters. The molecule has 2 aromatic carbocycles. The third kappa shape index (κ3) is 3.81. The van der Waals surface area contributed by atoms with Gasteiger partial charge < -0.3 is 20.1 Å². The zero-order valence-electron chi connectivity index (χ0n) is 13.0. The molecule has 5 nitrogen and oxygen atoms in total. The smallest absolute Gasteiger partial charge is 0.319 e. The molecule has 0 saturated heterocycles. The van der Waals surface area contributed by atoms with Gasteiger partial charge in [0.05, 0.1) is 25.5 Å². The van der Waals surface area contributed by atoms with Gasteiger partial charge in [-0.1, -0.05) is 36.4 Å². The molecule has 1 heterocycles. The van der Waals surface area contributed by atoms with Crippen molar-refractivity contribution in [2.45, 2.75) is 19.1 Å². The van der Waals surface area contributed by atoms with Crippen molar-refractivity contribution < 1.29 is 14.3 Å². The van der Waals surface area contributed by atoms with Crippen LogP contribution in [0.4, 0.5) is 10.5 Å². The van der Waals surface area contributed by atoms with Crippen molar-refractivity contribution in [3.05, 3.63) is 59.7 Å². The van der Waals surface area contributed by atoms with E-state index in [9.17, 15) is 4.79 Å². The summed E-state index contributed by atoms with van der Waals surface area (Å²) in [6, 6.07) is 15.3. The number of carbonyl (C=O) groups excluding carboxylic acids is 1. The van der Waals surface area contributed by atoms with Crippen LogP contribution in [0.1, 0.15) is 11.1 Å². The highest BCUT2D eigenvalue weighted by Gasteiger charge is 2.19. The van der Waals surface area contributed by atoms with Crippen LogP contribution in [0.25, 0.3) is 0 Å². The largest absolute Gasteiger partial charge is 0.495 e. The minimum Gasteiger partial charge on any atom is -0.495 e. The molecular formula is C18H20N2O3. The highest BCUT2D eigenvalue weighted by Crippen LogP contribution is 2.23. The lowest BCUT2D eigenvalue weighted by atomic mass is 9.99. The second-order valence-corrected chi connectivity index (χ2v) is 5.44. The minimum atomic E-state index is -0.267. The summed E-state index contributed by atoms with van der Waals surface area (Å²) in [7, 11) is 1.58. The minimum absolute atomic E-state index is 0.00619. The number of anilines is 1. The van der Waals surface area contributed by atoms with Crippen molar-refractivity contribution in [3.63, 3.8) is 0 Å². The first-order valence-corrected chi connectivity index (χ1v) is 7.62. The normalized spacial score (nSPS) is 16.3. The third-order valence-electron chi connectivity index (χ3n) is 3.89. The molecule has 23 heavy (non-hydrogen) atoms. The average molecular weight is 312 g/mol. The maximum absolute atomic E-state index is 12.0. The zero-order chi connectivity index (χ0) is 16.1. The Hall–Kier alpha value is -2.53. The molecule has 0 bridgehead atoms. The van der Waals surface area contributed by atoms with E-state index in [4.69, 9.17) is 9.47 Å². The van der Waals surface area contributed by atoms with Gasteiger partial charge in [0.25, 0.3) is 0 Å². The molecule has 1 aliphatic heterocycles. The van der Waals surface area contributed by atoms with Gasteiger partial charge in [0, 0.05) is 13.0 Å². The molecular weight excluding hydrogens is 292 g/mol. The van der Waals surface area contributed by atoms with Crippen LogP contribution in [0.15, 0.2) is 48.5 Å². The number of urea groups is 1. The Balaban J connectivity index is 1.52. The number of fused-ring (bicyclic) bond motifs is 1. The number of hydrogen-bond donors (Lipinski definition) is 2. The summed E-state index contributed by atoms with van der Waals surface area (Å²) < 4.78 is 11.0. The molecule has 5 heteroatoms. The number of ether oxygens (including phenoxy) is 2. The third-order valence-corrected chi connectivity index (χ3v) is 3.89. The van der Waals surface area contributed by atoms with Crippen molar-refractivity contribution in [2.24, 2.45) is 0 Å². The van der Waals surface area contributed by atoms with Gasteiger partial charge in [0.2, 0.25) is 0 Å². The number of nitrogens with one attached hydrogen (secondary N) is 2. The monoisotopic (exact) mass is 312 g/mol. The Kier molecular flexibility index (Phi) is 4.78. The number of carbonyl (C=O) groups is 1. The number of rotatable bonds is 4. The molecule has 0 aliphatic carbocycles. The number of hydrogen-bond acceptors (Lipinski definition) is 3. The molecule has 2 amide bonds. The fourth-order valence-electron chi connectivity index (χ4n) is 2.66. The van der Waals surface area contributed by atoms with Crippen molar-refractivity contribution in [1.82, 2.24) is 5.32 Å². The van der Waals surface area contributed by atoms with E-state index in [2.05, 4.69) is 22.8 Å². The fraction of sp³-hybridized carbons (Fsp3) is 0.278. The molecule has 1 atom stereocenters. The molecule has 0 saturated carbocycles. The molecule has 3 rings (SSSR count). The number of amides is 2. The van der Waals surface area contributed by atoms with E-state index in [1.165, 1.54) is 11.1 Å². The first kappa shape index (κ1) is 15.4. The van der Waals surface area contributed by atoms with Crippen LogP contribution in [0.2, 0.25) is 0 Å². The average Bonchev–Trinajstić information content (AvgIpc) is 2.60. The van der Waals surface area contributed by atoms with Gasteiger partial charge in [-0.25, -0.2) is 4.79 Å². The summed E-state index contributed by atoms with van der Waals surface area (Å²) in [5, 5.41) is 5.64. The van der Waals surface area contributed by atoms with Crippen LogP contribution >= 0.6 is 0 Å². The molecule has 0 aromatic heterocycles. The van der Waals surface area contributed by atoms with Gasteiger partial charge in [0.15, 0.2) is 0 Å². The van der Waals surface area contributed by atoms with Crippen LogP contribution < -0.4 is 15.4 Å². The van der Waals surface area contributed by atoms with Gasteiger partial charge in [-0.3, -0.25) is 0 Å². The van der Waals surface area contributed by atoms with E-state index in [0.717, 1.165) is 6.42 Å². The lowest BCUT2D eigenvalue weighted by Gasteiger charge is -2.25. The summed E-state index contributed by atoms with van der Waals surface area (Å²) in [6.07, 6.45) is 0.804. The van der Waals surface area contributed by atoms with Crippen LogP contribution in [-0.2, 0) is 17.8 Å². The Morgan fingerprint density at radius 3 is 2.74 bits per heavy atom. The Morgan fingerprint density at radius 1 is 1.17 bits per heavy atom. The molecule has 2 aromatic rings. The molecule has 0 radical (unpaired) electrons. The molecule has 0 spiro atoms. The maximum atomic E-state index is 12.0. The van der Waals surface area contributed by atoms with Crippen LogP contribution in [0, 0.1) is 0 Å². The highest BCUT2D eigenvalue weighted by molar-refractivity contribution is 5.90. The van der Waals surface area contributed by atoms with Gasteiger partial charge in [-0.2, -0.15) is 0 Å². The van der Waals surface area contributed by atoms with Crippen molar-refractivity contribution in [1.29, 1.82) is 0 Å². The summed E-state index contributed by atoms with van der Waals surface area (Å²) in [4.78, 5) is 12.0. The van der Waals surface area contributed by atoms with E-state index in [0.29, 0.717) is 24.6 Å². The summed E-state index contributed by atoms with van der Waals surface area (Å²) in [6.45, 7) is 1.06. The first-order chi connectivity index (χ1) is 11.3. The van der Waals surface area contributed by atoms with E-state index < -0.39 is 0 Å². The van der Waals surface area contributed by atoms with Gasteiger partial charge >= 0.3 is 6.03 Å².